The molecule has 0 radical (unpaired) electrons. The van der Waals surface area contributed by atoms with Crippen molar-refractivity contribution in [3.8, 4) is 0 Å². The number of nitrogens with one attached hydrogen (secondary N) is 1. The SMILES string of the molecule is CCC(CC)C1CN=C(NCc2cscc2C)S1. The van der Waals surface area contributed by atoms with E-state index >= 15 is 0 Å². The summed E-state index contributed by atoms with van der Waals surface area (Å²) in [5, 5.41) is 9.73. The van der Waals surface area contributed by atoms with Gasteiger partial charge in [-0.2, -0.15) is 11.3 Å². The predicted octanol–water partition coefficient (Wildman–Crippen LogP) is 4.05. The summed E-state index contributed by atoms with van der Waals surface area (Å²) in [7, 11) is 0. The molecule has 0 bridgehead atoms. The first kappa shape index (κ1) is 13.9. The normalized spacial score (nSPS) is 19.3. The van der Waals surface area contributed by atoms with Crippen LogP contribution in [-0.4, -0.2) is 17.0 Å². The van der Waals surface area contributed by atoms with Crippen molar-refractivity contribution in [3.63, 3.8) is 0 Å². The number of aryl methyl sites for hydroxylation is 1. The predicted molar refractivity (Wildman–Crippen MR) is 83.6 cm³/mol. The highest BCUT2D eigenvalue weighted by molar-refractivity contribution is 8.14. The molecule has 1 aliphatic heterocycles. The molecule has 1 aromatic heterocycles. The average Bonchev–Trinajstić information content (AvgIpc) is 2.98. The van der Waals surface area contributed by atoms with E-state index in [4.69, 9.17) is 0 Å². The summed E-state index contributed by atoms with van der Waals surface area (Å²) >= 11 is 3.71. The molecule has 4 heteroatoms. The summed E-state index contributed by atoms with van der Waals surface area (Å²) < 4.78 is 0. The van der Waals surface area contributed by atoms with E-state index < -0.39 is 0 Å². The minimum Gasteiger partial charge on any atom is -0.361 e. The summed E-state index contributed by atoms with van der Waals surface area (Å²) in [6.45, 7) is 8.65. The van der Waals surface area contributed by atoms with Crippen molar-refractivity contribution in [1.29, 1.82) is 0 Å². The van der Waals surface area contributed by atoms with Gasteiger partial charge in [-0.3, -0.25) is 4.99 Å². The summed E-state index contributed by atoms with van der Waals surface area (Å²) in [5.41, 5.74) is 2.78. The summed E-state index contributed by atoms with van der Waals surface area (Å²) in [6, 6.07) is 0. The van der Waals surface area contributed by atoms with Gasteiger partial charge in [-0.15, -0.1) is 0 Å². The zero-order valence-electron chi connectivity index (χ0n) is 11.4. The molecular weight excluding hydrogens is 260 g/mol. The second-order valence-electron chi connectivity index (χ2n) is 4.81. The molecule has 0 amide bonds. The fourth-order valence-corrected chi connectivity index (χ4v) is 4.46. The van der Waals surface area contributed by atoms with Gasteiger partial charge in [0.25, 0.3) is 0 Å². The van der Waals surface area contributed by atoms with Crippen LogP contribution in [0, 0.1) is 12.8 Å². The van der Waals surface area contributed by atoms with E-state index in [9.17, 15) is 0 Å². The van der Waals surface area contributed by atoms with E-state index in [1.165, 1.54) is 24.0 Å². The summed E-state index contributed by atoms with van der Waals surface area (Å²) in [6.07, 6.45) is 2.53. The Bertz CT molecular complexity index is 408. The molecule has 0 spiro atoms. The van der Waals surface area contributed by atoms with Crippen LogP contribution in [-0.2, 0) is 6.54 Å². The quantitative estimate of drug-likeness (QED) is 0.881. The number of hydrogen-bond donors (Lipinski definition) is 1. The Hall–Kier alpha value is -0.480. The van der Waals surface area contributed by atoms with Crippen LogP contribution in [0.15, 0.2) is 15.8 Å². The third-order valence-electron chi connectivity index (χ3n) is 3.64. The van der Waals surface area contributed by atoms with Crippen molar-refractivity contribution in [3.05, 3.63) is 21.9 Å². The zero-order valence-corrected chi connectivity index (χ0v) is 13.0. The number of thioether (sulfide) groups is 1. The number of amidine groups is 1. The fraction of sp³-hybridized carbons (Fsp3) is 0.643. The van der Waals surface area contributed by atoms with E-state index in [-0.39, 0.29) is 0 Å². The van der Waals surface area contributed by atoms with Crippen LogP contribution >= 0.6 is 23.1 Å². The van der Waals surface area contributed by atoms with Crippen LogP contribution in [0.2, 0.25) is 0 Å². The molecule has 1 aromatic rings. The van der Waals surface area contributed by atoms with Gasteiger partial charge in [-0.05, 0) is 34.7 Å². The number of rotatable bonds is 5. The maximum atomic E-state index is 4.63. The molecule has 0 saturated heterocycles. The second-order valence-corrected chi connectivity index (χ2v) is 6.78. The number of hydrogen-bond acceptors (Lipinski definition) is 4. The lowest BCUT2D eigenvalue weighted by atomic mass is 9.99. The monoisotopic (exact) mass is 282 g/mol. The van der Waals surface area contributed by atoms with Crippen LogP contribution in [0.3, 0.4) is 0 Å². The van der Waals surface area contributed by atoms with Gasteiger partial charge in [-0.1, -0.05) is 38.5 Å². The van der Waals surface area contributed by atoms with Gasteiger partial charge >= 0.3 is 0 Å². The highest BCUT2D eigenvalue weighted by Gasteiger charge is 2.25. The van der Waals surface area contributed by atoms with Gasteiger partial charge in [0.05, 0.1) is 6.54 Å². The molecule has 1 atom stereocenters. The maximum absolute atomic E-state index is 4.63. The summed E-state index contributed by atoms with van der Waals surface area (Å²) in [4.78, 5) is 4.63. The molecule has 0 fully saturated rings. The van der Waals surface area contributed by atoms with Crippen LogP contribution in [0.25, 0.3) is 0 Å². The lowest BCUT2D eigenvalue weighted by molar-refractivity contribution is 0.479. The smallest absolute Gasteiger partial charge is 0.157 e. The van der Waals surface area contributed by atoms with E-state index in [2.05, 4.69) is 41.8 Å². The first-order valence-electron chi connectivity index (χ1n) is 6.71. The molecular formula is C14H22N2S2. The number of thiophene rings is 1. The lowest BCUT2D eigenvalue weighted by Gasteiger charge is -2.18. The zero-order chi connectivity index (χ0) is 13.0. The Balaban J connectivity index is 1.81. The Labute approximate surface area is 118 Å². The Morgan fingerprint density at radius 2 is 2.17 bits per heavy atom. The highest BCUT2D eigenvalue weighted by atomic mass is 32.2. The molecule has 0 aromatic carbocycles. The van der Waals surface area contributed by atoms with E-state index in [1.807, 2.05) is 11.8 Å². The van der Waals surface area contributed by atoms with Crippen molar-refractivity contribution >= 4 is 28.3 Å². The Kier molecular flexibility index (Phi) is 5.13. The van der Waals surface area contributed by atoms with E-state index in [1.54, 1.807) is 11.3 Å². The van der Waals surface area contributed by atoms with Gasteiger partial charge in [0.15, 0.2) is 5.17 Å². The Morgan fingerprint density at radius 3 is 2.78 bits per heavy atom. The third kappa shape index (κ3) is 3.29. The molecule has 1 N–H and O–H groups in total. The van der Waals surface area contributed by atoms with Crippen molar-refractivity contribution in [2.75, 3.05) is 6.54 Å². The maximum Gasteiger partial charge on any atom is 0.157 e. The van der Waals surface area contributed by atoms with Gasteiger partial charge < -0.3 is 5.32 Å². The minimum atomic E-state index is 0.686. The molecule has 18 heavy (non-hydrogen) atoms. The third-order valence-corrected chi connectivity index (χ3v) is 5.89. The number of aliphatic imine (C=N–C) groups is 1. The van der Waals surface area contributed by atoms with Crippen molar-refractivity contribution in [1.82, 2.24) is 5.32 Å². The van der Waals surface area contributed by atoms with Crippen LogP contribution < -0.4 is 5.32 Å². The van der Waals surface area contributed by atoms with Crippen LogP contribution in [0.4, 0.5) is 0 Å². The van der Waals surface area contributed by atoms with Crippen LogP contribution in [0.1, 0.15) is 37.8 Å². The fourth-order valence-electron chi connectivity index (χ4n) is 2.29. The lowest BCUT2D eigenvalue weighted by Crippen LogP contribution is -2.21. The van der Waals surface area contributed by atoms with Crippen molar-refractivity contribution in [2.24, 2.45) is 10.9 Å². The molecule has 2 nitrogen and oxygen atoms in total. The molecule has 0 saturated carbocycles. The summed E-state index contributed by atoms with van der Waals surface area (Å²) in [5.74, 6) is 0.806. The van der Waals surface area contributed by atoms with Gasteiger partial charge in [0, 0.05) is 11.8 Å². The van der Waals surface area contributed by atoms with Gasteiger partial charge in [0.1, 0.15) is 0 Å². The van der Waals surface area contributed by atoms with Gasteiger partial charge in [0.2, 0.25) is 0 Å². The minimum absolute atomic E-state index is 0.686. The topological polar surface area (TPSA) is 24.4 Å². The molecule has 2 rings (SSSR count). The largest absolute Gasteiger partial charge is 0.361 e. The molecule has 0 aliphatic carbocycles. The molecule has 1 unspecified atom stereocenters. The first-order chi connectivity index (χ1) is 8.74. The van der Waals surface area contributed by atoms with Crippen molar-refractivity contribution in [2.45, 2.75) is 45.4 Å². The van der Waals surface area contributed by atoms with E-state index in [0.717, 1.165) is 24.2 Å². The average molecular weight is 282 g/mol. The van der Waals surface area contributed by atoms with Gasteiger partial charge in [-0.25, -0.2) is 0 Å². The highest BCUT2D eigenvalue weighted by Crippen LogP contribution is 2.30. The first-order valence-corrected chi connectivity index (χ1v) is 8.53. The van der Waals surface area contributed by atoms with Crippen LogP contribution in [0.5, 0.6) is 0 Å². The van der Waals surface area contributed by atoms with E-state index in [0.29, 0.717) is 5.25 Å². The standard InChI is InChI=1S/C14H22N2S2/c1-4-11(5-2)13-7-16-14(18-13)15-6-12-9-17-8-10(12)3/h8-9,11,13H,4-7H2,1-3H3,(H,15,16). The number of nitrogens with zero attached hydrogens (tertiary/aromatic N) is 1. The van der Waals surface area contributed by atoms with Crippen molar-refractivity contribution < 1.29 is 0 Å². The second kappa shape index (κ2) is 6.62. The molecule has 1 aliphatic rings. The molecule has 2 heterocycles. The Morgan fingerprint density at radius 1 is 1.39 bits per heavy atom. The molecule has 100 valence electrons.